The molecule has 1 radical (unpaired) electrons. The Morgan fingerprint density at radius 3 is 2.55 bits per heavy atom. The molecule has 1 N–H and O–H groups in total. The van der Waals surface area contributed by atoms with E-state index in [1.165, 1.54) is 0 Å². The first-order valence-electron chi connectivity index (χ1n) is 7.02. The summed E-state index contributed by atoms with van der Waals surface area (Å²) in [6.07, 6.45) is 2.54. The molecule has 0 aromatic heterocycles. The van der Waals surface area contributed by atoms with Crippen LogP contribution in [0.15, 0.2) is 48.5 Å². The summed E-state index contributed by atoms with van der Waals surface area (Å²) in [6, 6.07) is 14.0. The summed E-state index contributed by atoms with van der Waals surface area (Å²) in [5.74, 6) is -1.28. The molecule has 22 heavy (non-hydrogen) atoms. The lowest BCUT2D eigenvalue weighted by Gasteiger charge is -2.06. The van der Waals surface area contributed by atoms with Crippen molar-refractivity contribution in [3.8, 4) is 0 Å². The van der Waals surface area contributed by atoms with Gasteiger partial charge in [-0.2, -0.15) is 0 Å². The van der Waals surface area contributed by atoms with Gasteiger partial charge in [-0.15, -0.1) is 0 Å². The topological polar surface area (TPSA) is 63.6 Å². The number of carboxylic acid groups (broad SMARTS) is 1. The minimum Gasteiger partial charge on any atom is -0.478 e. The second-order valence-electron chi connectivity index (χ2n) is 4.76. The monoisotopic (exact) mass is 297 g/mol. The van der Waals surface area contributed by atoms with Crippen LogP contribution < -0.4 is 0 Å². The van der Waals surface area contributed by atoms with E-state index in [2.05, 4.69) is 0 Å². The highest BCUT2D eigenvalue weighted by atomic mass is 16.5. The molecule has 0 saturated carbocycles. The summed E-state index contributed by atoms with van der Waals surface area (Å²) in [6.45, 7) is 2.11. The van der Waals surface area contributed by atoms with Crippen LogP contribution in [-0.4, -0.2) is 23.7 Å². The fourth-order valence-electron chi connectivity index (χ4n) is 2.07. The minimum atomic E-state index is -0.939. The van der Waals surface area contributed by atoms with Gasteiger partial charge in [0.2, 0.25) is 0 Å². The Hall–Kier alpha value is -2.62. The third-order valence-electron chi connectivity index (χ3n) is 3.15. The van der Waals surface area contributed by atoms with Crippen molar-refractivity contribution in [3.63, 3.8) is 0 Å². The highest BCUT2D eigenvalue weighted by Gasteiger charge is 2.07. The molecule has 0 fully saturated rings. The van der Waals surface area contributed by atoms with E-state index in [-0.39, 0.29) is 11.5 Å². The lowest BCUT2D eigenvalue weighted by atomic mass is 10.0. The van der Waals surface area contributed by atoms with Crippen molar-refractivity contribution < 1.29 is 19.4 Å². The maximum Gasteiger partial charge on any atom is 0.338 e. The van der Waals surface area contributed by atoms with Crippen LogP contribution in [0.5, 0.6) is 0 Å². The zero-order chi connectivity index (χ0) is 15.9. The maximum atomic E-state index is 11.7. The van der Waals surface area contributed by atoms with Crippen molar-refractivity contribution in [3.05, 3.63) is 77.2 Å². The van der Waals surface area contributed by atoms with Crippen molar-refractivity contribution in [2.75, 3.05) is 6.61 Å². The van der Waals surface area contributed by atoms with Gasteiger partial charge in [0.15, 0.2) is 0 Å². The van der Waals surface area contributed by atoms with Gasteiger partial charge in [-0.3, -0.25) is 0 Å². The highest BCUT2D eigenvalue weighted by molar-refractivity contribution is 5.89. The van der Waals surface area contributed by atoms with Gasteiger partial charge >= 0.3 is 11.9 Å². The maximum absolute atomic E-state index is 11.7. The van der Waals surface area contributed by atoms with Crippen LogP contribution in [0.3, 0.4) is 0 Å². The number of hydrogen-bond donors (Lipinski definition) is 1. The van der Waals surface area contributed by atoms with E-state index in [4.69, 9.17) is 9.84 Å². The SMILES string of the molecule is CCOC(=O)c1cccc([CH]Cc2cccc(C(=O)O)c2)c1. The fraction of sp³-hybridized carbons (Fsp3) is 0.167. The first kappa shape index (κ1) is 15.8. The van der Waals surface area contributed by atoms with Crippen LogP contribution in [0.1, 0.15) is 38.8 Å². The molecular formula is C18H17O4. The van der Waals surface area contributed by atoms with Gasteiger partial charge in [-0.1, -0.05) is 24.3 Å². The first-order valence-corrected chi connectivity index (χ1v) is 7.02. The predicted octanol–water partition coefficient (Wildman–Crippen LogP) is 3.36. The van der Waals surface area contributed by atoms with Crippen LogP contribution >= 0.6 is 0 Å². The van der Waals surface area contributed by atoms with Gasteiger partial charge in [0, 0.05) is 0 Å². The summed E-state index contributed by atoms with van der Waals surface area (Å²) in [4.78, 5) is 22.6. The fourth-order valence-corrected chi connectivity index (χ4v) is 2.07. The van der Waals surface area contributed by atoms with Gasteiger partial charge in [-0.25, -0.2) is 9.59 Å². The van der Waals surface area contributed by atoms with Gasteiger partial charge in [0.1, 0.15) is 0 Å². The summed E-state index contributed by atoms with van der Waals surface area (Å²) in [5, 5.41) is 8.98. The second-order valence-corrected chi connectivity index (χ2v) is 4.76. The van der Waals surface area contributed by atoms with Crippen molar-refractivity contribution in [1.29, 1.82) is 0 Å². The van der Waals surface area contributed by atoms with Gasteiger partial charge in [0.25, 0.3) is 0 Å². The van der Waals surface area contributed by atoms with Crippen LogP contribution in [0.25, 0.3) is 0 Å². The number of ether oxygens (including phenoxy) is 1. The zero-order valence-corrected chi connectivity index (χ0v) is 12.3. The van der Waals surface area contributed by atoms with Crippen molar-refractivity contribution in [2.45, 2.75) is 13.3 Å². The van der Waals surface area contributed by atoms with E-state index >= 15 is 0 Å². The highest BCUT2D eigenvalue weighted by Crippen LogP contribution is 2.13. The molecule has 113 valence electrons. The summed E-state index contributed by atoms with van der Waals surface area (Å²) < 4.78 is 4.97. The molecule has 0 atom stereocenters. The Kier molecular flexibility index (Phi) is 5.31. The van der Waals surface area contributed by atoms with E-state index in [1.807, 2.05) is 18.6 Å². The van der Waals surface area contributed by atoms with E-state index in [1.54, 1.807) is 43.3 Å². The summed E-state index contributed by atoms with van der Waals surface area (Å²) >= 11 is 0. The van der Waals surface area contributed by atoms with Gasteiger partial charge in [0.05, 0.1) is 17.7 Å². The Morgan fingerprint density at radius 2 is 1.82 bits per heavy atom. The predicted molar refractivity (Wildman–Crippen MR) is 82.9 cm³/mol. The Balaban J connectivity index is 2.05. The molecule has 2 aromatic carbocycles. The molecular weight excluding hydrogens is 280 g/mol. The Morgan fingerprint density at radius 1 is 1.09 bits per heavy atom. The molecule has 0 saturated heterocycles. The number of carboxylic acids is 1. The second kappa shape index (κ2) is 7.41. The molecule has 0 aliphatic rings. The summed E-state index contributed by atoms with van der Waals surface area (Å²) in [7, 11) is 0. The van der Waals surface area contributed by atoms with Crippen molar-refractivity contribution >= 4 is 11.9 Å². The van der Waals surface area contributed by atoms with E-state index in [9.17, 15) is 9.59 Å². The van der Waals surface area contributed by atoms with Crippen LogP contribution in [0, 0.1) is 6.42 Å². The average molecular weight is 297 g/mol. The van der Waals surface area contributed by atoms with Crippen molar-refractivity contribution in [2.24, 2.45) is 0 Å². The van der Waals surface area contributed by atoms with E-state index in [0.717, 1.165) is 11.1 Å². The summed E-state index contributed by atoms with van der Waals surface area (Å²) in [5.41, 5.74) is 2.58. The molecule has 0 amide bonds. The van der Waals surface area contributed by atoms with E-state index in [0.29, 0.717) is 18.6 Å². The largest absolute Gasteiger partial charge is 0.478 e. The van der Waals surface area contributed by atoms with Crippen LogP contribution in [0.2, 0.25) is 0 Å². The molecule has 4 nitrogen and oxygen atoms in total. The number of carbonyl (C=O) groups excluding carboxylic acids is 1. The third kappa shape index (κ3) is 4.19. The van der Waals surface area contributed by atoms with E-state index < -0.39 is 5.97 Å². The smallest absolute Gasteiger partial charge is 0.338 e. The number of aromatic carboxylic acids is 1. The molecule has 2 rings (SSSR count). The Bertz CT molecular complexity index is 676. The Labute approximate surface area is 129 Å². The van der Waals surface area contributed by atoms with Crippen molar-refractivity contribution in [1.82, 2.24) is 0 Å². The molecule has 0 bridgehead atoms. The minimum absolute atomic E-state index is 0.270. The normalized spacial score (nSPS) is 10.2. The number of rotatable bonds is 6. The zero-order valence-electron chi connectivity index (χ0n) is 12.3. The average Bonchev–Trinajstić information content (AvgIpc) is 2.54. The molecule has 0 unspecified atom stereocenters. The molecule has 0 aliphatic heterocycles. The van der Waals surface area contributed by atoms with Gasteiger partial charge < -0.3 is 9.84 Å². The third-order valence-corrected chi connectivity index (χ3v) is 3.15. The number of carbonyl (C=O) groups is 2. The van der Waals surface area contributed by atoms with Crippen LogP contribution in [0.4, 0.5) is 0 Å². The molecule has 2 aromatic rings. The van der Waals surface area contributed by atoms with Gasteiger partial charge in [-0.05, 0) is 55.2 Å². The lowest BCUT2D eigenvalue weighted by Crippen LogP contribution is -2.05. The number of benzene rings is 2. The molecule has 4 heteroatoms. The molecule has 0 aliphatic carbocycles. The standard InChI is InChI=1S/C18H17O4/c1-2-22-18(21)16-8-4-6-14(12-16)10-9-13-5-3-7-15(11-13)17(19)20/h3-8,10-12H,2,9H2,1H3,(H,19,20). The quantitative estimate of drug-likeness (QED) is 0.830. The first-order chi connectivity index (χ1) is 10.6. The number of esters is 1. The molecule has 0 spiro atoms. The lowest BCUT2D eigenvalue weighted by molar-refractivity contribution is 0.0525. The molecule has 0 heterocycles. The van der Waals surface area contributed by atoms with Crippen LogP contribution in [-0.2, 0) is 11.2 Å². The number of hydrogen-bond acceptors (Lipinski definition) is 3.